The summed E-state index contributed by atoms with van der Waals surface area (Å²) in [6.45, 7) is 2.64. The molecule has 10 nitrogen and oxygen atoms in total. The fraction of sp³-hybridized carbons (Fsp3) is 0.304. The number of benzene rings is 1. The molecule has 1 aliphatic heterocycles. The Kier molecular flexibility index (Phi) is 8.65. The molecule has 198 valence electrons. The third kappa shape index (κ3) is 7.36. The van der Waals surface area contributed by atoms with Gasteiger partial charge in [-0.15, -0.1) is 0 Å². The Morgan fingerprint density at radius 2 is 1.78 bits per heavy atom. The van der Waals surface area contributed by atoms with Crippen molar-refractivity contribution in [1.82, 2.24) is 24.4 Å². The van der Waals surface area contributed by atoms with E-state index < -0.39 is 22.2 Å². The van der Waals surface area contributed by atoms with E-state index in [0.29, 0.717) is 6.54 Å². The number of carbonyl (C=O) groups excluding carboxylic acids is 1. The number of pyridine rings is 1. The summed E-state index contributed by atoms with van der Waals surface area (Å²) in [6.07, 6.45) is -1.65. The molecule has 2 aromatic heterocycles. The van der Waals surface area contributed by atoms with E-state index in [0.717, 1.165) is 17.0 Å². The molecule has 14 heteroatoms. The molecule has 1 atom stereocenters. The van der Waals surface area contributed by atoms with Gasteiger partial charge in [-0.3, -0.25) is 14.5 Å². The van der Waals surface area contributed by atoms with Crippen molar-refractivity contribution < 1.29 is 36.3 Å². The van der Waals surface area contributed by atoms with Crippen LogP contribution in [0.5, 0.6) is 0 Å². The lowest BCUT2D eigenvalue weighted by molar-refractivity contribution is -0.192. The lowest BCUT2D eigenvalue weighted by atomic mass is 10.1. The predicted molar refractivity (Wildman–Crippen MR) is 124 cm³/mol. The SMILES string of the molecule is Cc1ccc(S(=O)(=O)N2Cc3ccnn3C(CC(=O)NCc3ccccn3)C2)cc1.O=C(O)C(F)(F)F. The second-order valence-corrected chi connectivity index (χ2v) is 10.1. The minimum atomic E-state index is -5.08. The van der Waals surface area contributed by atoms with Crippen molar-refractivity contribution >= 4 is 21.9 Å². The van der Waals surface area contributed by atoms with Crippen molar-refractivity contribution in [3.05, 3.63) is 77.9 Å². The number of carboxylic acids is 1. The second-order valence-electron chi connectivity index (χ2n) is 8.14. The summed E-state index contributed by atoms with van der Waals surface area (Å²) in [6, 6.07) is 13.7. The summed E-state index contributed by atoms with van der Waals surface area (Å²) in [5, 5.41) is 14.3. The Morgan fingerprint density at radius 1 is 1.11 bits per heavy atom. The number of sulfonamides is 1. The number of aromatic nitrogens is 3. The van der Waals surface area contributed by atoms with Gasteiger partial charge in [0.1, 0.15) is 0 Å². The van der Waals surface area contributed by atoms with E-state index in [4.69, 9.17) is 9.90 Å². The highest BCUT2D eigenvalue weighted by Gasteiger charge is 2.38. The van der Waals surface area contributed by atoms with Crippen molar-refractivity contribution in [3.8, 4) is 0 Å². The summed E-state index contributed by atoms with van der Waals surface area (Å²) in [4.78, 5) is 25.9. The number of halogens is 3. The maximum Gasteiger partial charge on any atom is 0.490 e. The van der Waals surface area contributed by atoms with E-state index in [1.54, 1.807) is 47.4 Å². The molecule has 0 spiro atoms. The van der Waals surface area contributed by atoms with Crippen LogP contribution in [-0.4, -0.2) is 57.2 Å². The van der Waals surface area contributed by atoms with Crippen LogP contribution in [0.1, 0.15) is 29.4 Å². The quantitative estimate of drug-likeness (QED) is 0.492. The zero-order valence-electron chi connectivity index (χ0n) is 19.6. The van der Waals surface area contributed by atoms with Crippen LogP contribution in [0, 0.1) is 6.92 Å². The number of hydrogen-bond acceptors (Lipinski definition) is 6. The van der Waals surface area contributed by atoms with E-state index in [9.17, 15) is 26.4 Å². The number of amides is 1. The summed E-state index contributed by atoms with van der Waals surface area (Å²) < 4.78 is 61.2. The zero-order valence-corrected chi connectivity index (χ0v) is 20.4. The molecule has 3 aromatic rings. The van der Waals surface area contributed by atoms with Gasteiger partial charge < -0.3 is 10.4 Å². The zero-order chi connectivity index (χ0) is 27.2. The van der Waals surface area contributed by atoms with Crippen LogP contribution in [-0.2, 0) is 32.7 Å². The van der Waals surface area contributed by atoms with E-state index in [1.807, 2.05) is 25.1 Å². The van der Waals surface area contributed by atoms with Crippen molar-refractivity contribution in [2.45, 2.75) is 43.5 Å². The standard InChI is InChI=1S/C21H23N5O3S.C2HF3O2/c1-16-5-7-20(8-6-16)30(28,29)25-14-18-9-11-24-26(18)19(15-25)12-21(27)23-13-17-4-2-3-10-22-17;3-2(4,5)1(6)7/h2-11,19H,12-15H2,1H3,(H,23,27);(H,6,7). The molecule has 1 amide bonds. The van der Waals surface area contributed by atoms with Crippen molar-refractivity contribution in [2.75, 3.05) is 6.54 Å². The summed E-state index contributed by atoms with van der Waals surface area (Å²) >= 11 is 0. The summed E-state index contributed by atoms with van der Waals surface area (Å²) in [7, 11) is -3.67. The van der Waals surface area contributed by atoms with Crippen molar-refractivity contribution in [1.29, 1.82) is 0 Å². The molecule has 0 aliphatic carbocycles. The minimum absolute atomic E-state index is 0.126. The molecule has 0 bridgehead atoms. The van der Waals surface area contributed by atoms with Gasteiger partial charge in [-0.1, -0.05) is 23.8 Å². The van der Waals surface area contributed by atoms with E-state index in [1.165, 1.54) is 4.31 Å². The largest absolute Gasteiger partial charge is 0.490 e. The number of alkyl halides is 3. The van der Waals surface area contributed by atoms with Gasteiger partial charge >= 0.3 is 12.1 Å². The van der Waals surface area contributed by atoms with Crippen molar-refractivity contribution in [2.24, 2.45) is 0 Å². The van der Waals surface area contributed by atoms with Crippen LogP contribution < -0.4 is 5.32 Å². The molecule has 0 saturated carbocycles. The average molecular weight is 540 g/mol. The molecule has 0 radical (unpaired) electrons. The highest BCUT2D eigenvalue weighted by Crippen LogP contribution is 2.28. The lowest BCUT2D eigenvalue weighted by Gasteiger charge is -2.33. The Morgan fingerprint density at radius 3 is 2.38 bits per heavy atom. The molecule has 4 rings (SSSR count). The van der Waals surface area contributed by atoms with Gasteiger partial charge in [0.05, 0.1) is 41.8 Å². The summed E-state index contributed by atoms with van der Waals surface area (Å²) in [5.74, 6) is -2.94. The van der Waals surface area contributed by atoms with Crippen LogP contribution in [0.2, 0.25) is 0 Å². The molecule has 0 saturated heterocycles. The third-order valence-corrected chi connectivity index (χ3v) is 7.19. The van der Waals surface area contributed by atoms with Gasteiger partial charge in [0.15, 0.2) is 0 Å². The first-order valence-corrected chi connectivity index (χ1v) is 12.4. The van der Waals surface area contributed by atoms with Crippen molar-refractivity contribution in [3.63, 3.8) is 0 Å². The fourth-order valence-electron chi connectivity index (χ4n) is 3.52. The number of carbonyl (C=O) groups is 2. The molecule has 1 aromatic carbocycles. The molecule has 1 unspecified atom stereocenters. The Bertz CT molecular complexity index is 1330. The molecular formula is C23H24F3N5O5S. The number of aliphatic carboxylic acids is 1. The number of nitrogens with one attached hydrogen (secondary N) is 1. The summed E-state index contributed by atoms with van der Waals surface area (Å²) in [5.41, 5.74) is 2.52. The number of carboxylic acid groups (broad SMARTS) is 1. The van der Waals surface area contributed by atoms with Gasteiger partial charge in [-0.2, -0.15) is 22.6 Å². The fourth-order valence-corrected chi connectivity index (χ4v) is 4.97. The second kappa shape index (κ2) is 11.5. The first-order valence-electron chi connectivity index (χ1n) is 10.9. The van der Waals surface area contributed by atoms with Gasteiger partial charge in [0.25, 0.3) is 0 Å². The number of hydrogen-bond donors (Lipinski definition) is 2. The first kappa shape index (κ1) is 27.8. The monoisotopic (exact) mass is 539 g/mol. The molecule has 2 N–H and O–H groups in total. The van der Waals surface area contributed by atoms with Gasteiger partial charge in [-0.05, 0) is 37.3 Å². The number of rotatable bonds is 6. The van der Waals surface area contributed by atoms with Crippen LogP contribution in [0.4, 0.5) is 13.2 Å². The first-order chi connectivity index (χ1) is 17.4. The highest BCUT2D eigenvalue weighted by molar-refractivity contribution is 7.89. The Labute approximate surface area is 210 Å². The Hall–Kier alpha value is -3.78. The van der Waals surface area contributed by atoms with Crippen LogP contribution in [0.25, 0.3) is 0 Å². The topological polar surface area (TPSA) is 134 Å². The normalized spacial score (nSPS) is 15.7. The van der Waals surface area contributed by atoms with Gasteiger partial charge in [0.2, 0.25) is 15.9 Å². The third-order valence-electron chi connectivity index (χ3n) is 5.37. The minimum Gasteiger partial charge on any atom is -0.475 e. The van der Waals surface area contributed by atoms with Crippen LogP contribution in [0.15, 0.2) is 65.8 Å². The number of nitrogens with zero attached hydrogens (tertiary/aromatic N) is 4. The average Bonchev–Trinajstić information content (AvgIpc) is 3.33. The predicted octanol–water partition coefficient (Wildman–Crippen LogP) is 2.67. The number of fused-ring (bicyclic) bond motifs is 1. The Balaban J connectivity index is 0.000000479. The maximum absolute atomic E-state index is 13.2. The van der Waals surface area contributed by atoms with Crippen LogP contribution in [0.3, 0.4) is 0 Å². The lowest BCUT2D eigenvalue weighted by Crippen LogP contribution is -2.42. The van der Waals surface area contributed by atoms with E-state index in [2.05, 4.69) is 15.4 Å². The van der Waals surface area contributed by atoms with Gasteiger partial charge in [0, 0.05) is 18.9 Å². The molecule has 37 heavy (non-hydrogen) atoms. The molecule has 0 fully saturated rings. The van der Waals surface area contributed by atoms with E-state index in [-0.39, 0.29) is 36.4 Å². The maximum atomic E-state index is 13.2. The van der Waals surface area contributed by atoms with Crippen LogP contribution >= 0.6 is 0 Å². The number of aryl methyl sites for hydroxylation is 1. The smallest absolute Gasteiger partial charge is 0.475 e. The van der Waals surface area contributed by atoms with Gasteiger partial charge in [-0.25, -0.2) is 13.2 Å². The molecule has 3 heterocycles. The highest BCUT2D eigenvalue weighted by atomic mass is 32.2. The molecule has 1 aliphatic rings. The molecular weight excluding hydrogens is 515 g/mol. The van der Waals surface area contributed by atoms with E-state index >= 15 is 0 Å².